The van der Waals surface area contributed by atoms with Gasteiger partial charge in [0.1, 0.15) is 0 Å². The van der Waals surface area contributed by atoms with E-state index >= 15 is 0 Å². The first-order chi connectivity index (χ1) is 16.5. The minimum Gasteiger partial charge on any atom is -0.359 e. The summed E-state index contributed by atoms with van der Waals surface area (Å²) in [6.45, 7) is 20.2. The van der Waals surface area contributed by atoms with E-state index in [9.17, 15) is 4.79 Å². The Morgan fingerprint density at radius 1 is 1.03 bits per heavy atom. The van der Waals surface area contributed by atoms with Crippen LogP contribution in [0.15, 0.2) is 59.0 Å². The summed E-state index contributed by atoms with van der Waals surface area (Å²) in [5.41, 5.74) is 6.34. The SMILES string of the molecule is C=C(CC(=O)NC(C)(CCCCC)CN(C)C)C(=C)NC1=C(C)C=C(C)C=C(CCCCCC)C1. The van der Waals surface area contributed by atoms with E-state index in [4.69, 9.17) is 0 Å². The van der Waals surface area contributed by atoms with Crippen LogP contribution in [0.25, 0.3) is 0 Å². The second kappa shape index (κ2) is 15.8. The molecule has 1 aliphatic rings. The van der Waals surface area contributed by atoms with Crippen LogP contribution in [0.4, 0.5) is 0 Å². The Labute approximate surface area is 216 Å². The Hall–Kier alpha value is -2.07. The van der Waals surface area contributed by atoms with E-state index in [0.29, 0.717) is 0 Å². The molecule has 1 rings (SSSR count). The zero-order valence-corrected chi connectivity index (χ0v) is 23.9. The third-order valence-electron chi connectivity index (χ3n) is 6.65. The van der Waals surface area contributed by atoms with Crippen LogP contribution in [0.1, 0.15) is 105 Å². The number of carbonyl (C=O) groups is 1. The monoisotopic (exact) mass is 483 g/mol. The molecule has 4 heteroatoms. The molecule has 35 heavy (non-hydrogen) atoms. The first kappa shape index (κ1) is 31.0. The standard InChI is InChI=1S/C31H53N3O/c1-10-12-14-15-17-28-20-24(3)19-26(5)29(22-28)32-27(6)25(4)21-30(35)33-31(7,23-34(8)9)18-16-13-11-2/h19-20,32H,4,6,10-18,21-23H2,1-3,5,7-9H3,(H,33,35). The summed E-state index contributed by atoms with van der Waals surface area (Å²) in [6, 6.07) is 0. The molecule has 1 atom stereocenters. The molecule has 0 aromatic carbocycles. The summed E-state index contributed by atoms with van der Waals surface area (Å²) in [5.74, 6) is 0.0117. The van der Waals surface area contributed by atoms with Crippen molar-refractivity contribution in [2.24, 2.45) is 0 Å². The van der Waals surface area contributed by atoms with Gasteiger partial charge in [0.2, 0.25) is 5.91 Å². The highest BCUT2D eigenvalue weighted by Crippen LogP contribution is 2.26. The Morgan fingerprint density at radius 2 is 1.69 bits per heavy atom. The predicted octanol–water partition coefficient (Wildman–Crippen LogP) is 7.57. The minimum atomic E-state index is -0.245. The first-order valence-corrected chi connectivity index (χ1v) is 13.7. The van der Waals surface area contributed by atoms with Crippen LogP contribution in [0.3, 0.4) is 0 Å². The minimum absolute atomic E-state index is 0.0117. The number of hydrogen-bond donors (Lipinski definition) is 2. The van der Waals surface area contributed by atoms with Crippen LogP contribution in [-0.2, 0) is 4.79 Å². The fourth-order valence-corrected chi connectivity index (χ4v) is 4.89. The Kier molecular flexibility index (Phi) is 14.0. The van der Waals surface area contributed by atoms with E-state index in [1.165, 1.54) is 55.2 Å². The number of nitrogens with zero attached hydrogens (tertiary/aromatic N) is 1. The molecule has 0 fully saturated rings. The van der Waals surface area contributed by atoms with Crippen molar-refractivity contribution in [1.82, 2.24) is 15.5 Å². The highest BCUT2D eigenvalue weighted by atomic mass is 16.1. The summed E-state index contributed by atoms with van der Waals surface area (Å²) in [5, 5.41) is 6.81. The lowest BCUT2D eigenvalue weighted by molar-refractivity contribution is -0.122. The molecule has 4 nitrogen and oxygen atoms in total. The van der Waals surface area contributed by atoms with Crippen LogP contribution in [0.2, 0.25) is 0 Å². The molecule has 2 N–H and O–H groups in total. The van der Waals surface area contributed by atoms with E-state index in [1.807, 2.05) is 0 Å². The average Bonchev–Trinajstić information content (AvgIpc) is 2.87. The third-order valence-corrected chi connectivity index (χ3v) is 6.65. The fourth-order valence-electron chi connectivity index (χ4n) is 4.89. The van der Waals surface area contributed by atoms with Gasteiger partial charge in [0.15, 0.2) is 0 Å². The van der Waals surface area contributed by atoms with Crippen molar-refractivity contribution in [2.75, 3.05) is 20.6 Å². The molecule has 0 heterocycles. The molecule has 0 spiro atoms. The summed E-state index contributed by atoms with van der Waals surface area (Å²) in [7, 11) is 4.11. The summed E-state index contributed by atoms with van der Waals surface area (Å²) < 4.78 is 0. The summed E-state index contributed by atoms with van der Waals surface area (Å²) in [4.78, 5) is 15.1. The van der Waals surface area contributed by atoms with Crippen molar-refractivity contribution in [1.29, 1.82) is 0 Å². The van der Waals surface area contributed by atoms with E-state index < -0.39 is 0 Å². The lowest BCUT2D eigenvalue weighted by Crippen LogP contribution is -2.52. The number of hydrogen-bond acceptors (Lipinski definition) is 3. The molecule has 0 bridgehead atoms. The smallest absolute Gasteiger partial charge is 0.224 e. The van der Waals surface area contributed by atoms with Crippen LogP contribution in [0.5, 0.6) is 0 Å². The van der Waals surface area contributed by atoms with Gasteiger partial charge in [-0.3, -0.25) is 4.79 Å². The molecular formula is C31H53N3O. The van der Waals surface area contributed by atoms with Gasteiger partial charge < -0.3 is 15.5 Å². The van der Waals surface area contributed by atoms with Gasteiger partial charge in [0, 0.05) is 29.9 Å². The maximum atomic E-state index is 13.0. The number of amides is 1. The van der Waals surface area contributed by atoms with Crippen molar-refractivity contribution >= 4 is 5.91 Å². The fraction of sp³-hybridized carbons (Fsp3) is 0.645. The third kappa shape index (κ3) is 12.5. The molecule has 0 saturated heterocycles. The molecule has 0 aromatic rings. The summed E-state index contributed by atoms with van der Waals surface area (Å²) in [6.07, 6.45) is 16.4. The van der Waals surface area contributed by atoms with E-state index in [0.717, 1.165) is 49.2 Å². The highest BCUT2D eigenvalue weighted by molar-refractivity contribution is 5.80. The predicted molar refractivity (Wildman–Crippen MR) is 153 cm³/mol. The normalized spacial score (nSPS) is 15.8. The Bertz CT molecular complexity index is 815. The van der Waals surface area contributed by atoms with Crippen molar-refractivity contribution in [3.05, 3.63) is 59.0 Å². The van der Waals surface area contributed by atoms with Crippen LogP contribution >= 0.6 is 0 Å². The maximum Gasteiger partial charge on any atom is 0.224 e. The molecule has 1 unspecified atom stereocenters. The van der Waals surface area contributed by atoms with Gasteiger partial charge in [0.05, 0.1) is 6.42 Å². The lowest BCUT2D eigenvalue weighted by Gasteiger charge is -2.34. The zero-order valence-electron chi connectivity index (χ0n) is 23.9. The molecule has 198 valence electrons. The highest BCUT2D eigenvalue weighted by Gasteiger charge is 2.27. The second-order valence-corrected chi connectivity index (χ2v) is 11.0. The van der Waals surface area contributed by atoms with Crippen molar-refractivity contribution in [3.8, 4) is 0 Å². The molecule has 0 saturated carbocycles. The van der Waals surface area contributed by atoms with E-state index in [1.54, 1.807) is 0 Å². The number of nitrogens with one attached hydrogen (secondary N) is 2. The van der Waals surface area contributed by atoms with Gasteiger partial charge in [-0.2, -0.15) is 0 Å². The van der Waals surface area contributed by atoms with Gasteiger partial charge in [-0.1, -0.05) is 88.8 Å². The summed E-state index contributed by atoms with van der Waals surface area (Å²) >= 11 is 0. The van der Waals surface area contributed by atoms with Gasteiger partial charge in [0.25, 0.3) is 0 Å². The number of carbonyl (C=O) groups excluding carboxylic acids is 1. The number of unbranched alkanes of at least 4 members (excludes halogenated alkanes) is 5. The number of likely N-dealkylation sites (N-methyl/N-ethyl adjacent to an activating group) is 1. The van der Waals surface area contributed by atoms with Gasteiger partial charge in [-0.25, -0.2) is 0 Å². The quantitative estimate of drug-likeness (QED) is 0.166. The maximum absolute atomic E-state index is 13.0. The lowest BCUT2D eigenvalue weighted by atomic mass is 9.93. The second-order valence-electron chi connectivity index (χ2n) is 11.0. The zero-order chi connectivity index (χ0) is 26.4. The van der Waals surface area contributed by atoms with Gasteiger partial charge in [-0.05, 0) is 65.3 Å². The van der Waals surface area contributed by atoms with Crippen molar-refractivity contribution in [2.45, 2.75) is 111 Å². The van der Waals surface area contributed by atoms with Gasteiger partial charge >= 0.3 is 0 Å². The Morgan fingerprint density at radius 3 is 2.31 bits per heavy atom. The Balaban J connectivity index is 2.75. The number of allylic oxidation sites excluding steroid dienone is 6. The van der Waals surface area contributed by atoms with Crippen molar-refractivity contribution in [3.63, 3.8) is 0 Å². The molecule has 1 amide bonds. The van der Waals surface area contributed by atoms with Crippen molar-refractivity contribution < 1.29 is 4.79 Å². The van der Waals surface area contributed by atoms with E-state index in [-0.39, 0.29) is 17.9 Å². The molecular weight excluding hydrogens is 430 g/mol. The first-order valence-electron chi connectivity index (χ1n) is 13.7. The average molecular weight is 484 g/mol. The largest absolute Gasteiger partial charge is 0.359 e. The molecule has 0 aliphatic heterocycles. The van der Waals surface area contributed by atoms with E-state index in [2.05, 4.69) is 89.6 Å². The van der Waals surface area contributed by atoms with Crippen LogP contribution < -0.4 is 10.6 Å². The van der Waals surface area contributed by atoms with Crippen LogP contribution in [-0.4, -0.2) is 37.0 Å². The molecule has 1 aliphatic carbocycles. The number of rotatable bonds is 17. The molecule has 0 radical (unpaired) electrons. The van der Waals surface area contributed by atoms with Gasteiger partial charge in [-0.15, -0.1) is 0 Å². The topological polar surface area (TPSA) is 44.4 Å². The van der Waals surface area contributed by atoms with Crippen LogP contribution in [0, 0.1) is 0 Å². The molecule has 0 aromatic heterocycles.